The van der Waals surface area contributed by atoms with E-state index in [0.717, 1.165) is 11.1 Å². The van der Waals surface area contributed by atoms with Crippen LogP contribution in [-0.4, -0.2) is 24.5 Å². The largest absolute Gasteiger partial charge is 0.493 e. The number of hydrogen-bond donors (Lipinski definition) is 1. The number of carbonyl (C=O) groups excluding carboxylic acids is 1. The summed E-state index contributed by atoms with van der Waals surface area (Å²) in [6.45, 7) is 3.58. The smallest absolute Gasteiger partial charge is 0.273 e. The molecule has 0 unspecified atom stereocenters. The average Bonchev–Trinajstić information content (AvgIpc) is 2.56. The van der Waals surface area contributed by atoms with Crippen LogP contribution in [0.5, 0.6) is 11.5 Å². The fraction of sp³-hybridized carbons (Fsp3) is 0.235. The van der Waals surface area contributed by atoms with Crippen molar-refractivity contribution in [2.45, 2.75) is 13.8 Å². The number of aryl methyl sites for hydroxylation is 1. The molecule has 0 bridgehead atoms. The van der Waals surface area contributed by atoms with Crippen molar-refractivity contribution < 1.29 is 19.2 Å². The minimum Gasteiger partial charge on any atom is -0.493 e. The average molecular weight is 330 g/mol. The highest BCUT2D eigenvalue weighted by molar-refractivity contribution is 5.92. The molecule has 0 fully saturated rings. The third-order valence-electron chi connectivity index (χ3n) is 3.60. The van der Waals surface area contributed by atoms with E-state index in [0.29, 0.717) is 11.4 Å². The standard InChI is InChI=1S/C17H18N2O5/c1-11-5-4-6-14(12(11)2)18-17(20)10-24-16-9-13(19(21)22)7-8-15(16)23-3/h4-9H,10H2,1-3H3,(H,18,20). The number of benzene rings is 2. The van der Waals surface area contributed by atoms with Crippen LogP contribution in [0.4, 0.5) is 11.4 Å². The zero-order valence-corrected chi connectivity index (χ0v) is 13.7. The zero-order chi connectivity index (χ0) is 17.7. The van der Waals surface area contributed by atoms with Crippen LogP contribution >= 0.6 is 0 Å². The molecule has 0 spiro atoms. The summed E-state index contributed by atoms with van der Waals surface area (Å²) in [6.07, 6.45) is 0. The highest BCUT2D eigenvalue weighted by atomic mass is 16.6. The van der Waals surface area contributed by atoms with Gasteiger partial charge in [-0.2, -0.15) is 0 Å². The lowest BCUT2D eigenvalue weighted by Crippen LogP contribution is -2.21. The lowest BCUT2D eigenvalue weighted by molar-refractivity contribution is -0.385. The Hall–Kier alpha value is -3.09. The molecule has 2 aromatic carbocycles. The minimum absolute atomic E-state index is 0.138. The molecule has 126 valence electrons. The lowest BCUT2D eigenvalue weighted by atomic mass is 10.1. The molecule has 0 saturated heterocycles. The molecular weight excluding hydrogens is 312 g/mol. The topological polar surface area (TPSA) is 90.7 Å². The summed E-state index contributed by atoms with van der Waals surface area (Å²) >= 11 is 0. The number of ether oxygens (including phenoxy) is 2. The van der Waals surface area contributed by atoms with Gasteiger partial charge in [-0.25, -0.2) is 0 Å². The van der Waals surface area contributed by atoms with Crippen molar-refractivity contribution in [2.75, 3.05) is 19.0 Å². The van der Waals surface area contributed by atoms with E-state index >= 15 is 0 Å². The number of methoxy groups -OCH3 is 1. The van der Waals surface area contributed by atoms with Crippen LogP contribution in [0.3, 0.4) is 0 Å². The second-order valence-electron chi connectivity index (χ2n) is 5.18. The first-order chi connectivity index (χ1) is 11.4. The van der Waals surface area contributed by atoms with Gasteiger partial charge in [0.25, 0.3) is 11.6 Å². The van der Waals surface area contributed by atoms with E-state index in [1.807, 2.05) is 26.0 Å². The first-order valence-electron chi connectivity index (χ1n) is 7.23. The summed E-state index contributed by atoms with van der Waals surface area (Å²) in [5, 5.41) is 13.6. The number of non-ortho nitro benzene ring substituents is 1. The summed E-state index contributed by atoms with van der Waals surface area (Å²) in [6, 6.07) is 9.56. The quantitative estimate of drug-likeness (QED) is 0.648. The predicted molar refractivity (Wildman–Crippen MR) is 89.7 cm³/mol. The van der Waals surface area contributed by atoms with E-state index in [-0.39, 0.29) is 24.0 Å². The van der Waals surface area contributed by atoms with Gasteiger partial charge in [0.15, 0.2) is 18.1 Å². The van der Waals surface area contributed by atoms with Crippen LogP contribution in [-0.2, 0) is 4.79 Å². The van der Waals surface area contributed by atoms with Crippen LogP contribution in [0.25, 0.3) is 0 Å². The minimum atomic E-state index is -0.539. The van der Waals surface area contributed by atoms with Gasteiger partial charge >= 0.3 is 0 Å². The Bertz CT molecular complexity index is 774. The fourth-order valence-electron chi connectivity index (χ4n) is 2.11. The van der Waals surface area contributed by atoms with Gasteiger partial charge in [-0.05, 0) is 37.1 Å². The van der Waals surface area contributed by atoms with Crippen molar-refractivity contribution in [3.8, 4) is 11.5 Å². The maximum absolute atomic E-state index is 12.1. The SMILES string of the molecule is COc1ccc([N+](=O)[O-])cc1OCC(=O)Nc1cccc(C)c1C. The number of nitro groups is 1. The maximum Gasteiger partial charge on any atom is 0.273 e. The lowest BCUT2D eigenvalue weighted by Gasteiger charge is -2.12. The highest BCUT2D eigenvalue weighted by Gasteiger charge is 2.14. The van der Waals surface area contributed by atoms with Crippen LogP contribution in [0.2, 0.25) is 0 Å². The van der Waals surface area contributed by atoms with E-state index in [1.165, 1.54) is 25.3 Å². The molecule has 1 amide bonds. The molecule has 24 heavy (non-hydrogen) atoms. The van der Waals surface area contributed by atoms with Gasteiger partial charge in [-0.3, -0.25) is 14.9 Å². The van der Waals surface area contributed by atoms with Crippen LogP contribution in [0.15, 0.2) is 36.4 Å². The summed E-state index contributed by atoms with van der Waals surface area (Å²) < 4.78 is 10.5. The Labute approximate surface area is 139 Å². The van der Waals surface area contributed by atoms with Gasteiger partial charge in [0.2, 0.25) is 0 Å². The molecular formula is C17H18N2O5. The Morgan fingerprint density at radius 1 is 1.21 bits per heavy atom. The van der Waals surface area contributed by atoms with Gasteiger partial charge in [0.1, 0.15) is 0 Å². The van der Waals surface area contributed by atoms with E-state index in [2.05, 4.69) is 5.32 Å². The molecule has 0 heterocycles. The van der Waals surface area contributed by atoms with Gasteiger partial charge in [-0.1, -0.05) is 12.1 Å². The molecule has 7 heteroatoms. The molecule has 0 aliphatic rings. The third kappa shape index (κ3) is 4.01. The Kier molecular flexibility index (Phi) is 5.36. The van der Waals surface area contributed by atoms with Gasteiger partial charge in [-0.15, -0.1) is 0 Å². The molecule has 0 aliphatic carbocycles. The van der Waals surface area contributed by atoms with E-state index in [4.69, 9.17) is 9.47 Å². The summed E-state index contributed by atoms with van der Waals surface area (Å²) in [4.78, 5) is 22.3. The van der Waals surface area contributed by atoms with E-state index in [9.17, 15) is 14.9 Å². The van der Waals surface area contributed by atoms with Crippen molar-refractivity contribution in [1.29, 1.82) is 0 Å². The van der Waals surface area contributed by atoms with Crippen molar-refractivity contribution in [3.05, 3.63) is 57.6 Å². The van der Waals surface area contributed by atoms with E-state index in [1.54, 1.807) is 6.07 Å². The molecule has 2 rings (SSSR count). The number of amides is 1. The number of nitrogens with zero attached hydrogens (tertiary/aromatic N) is 1. The molecule has 7 nitrogen and oxygen atoms in total. The van der Waals surface area contributed by atoms with Gasteiger partial charge in [0.05, 0.1) is 18.1 Å². The summed E-state index contributed by atoms with van der Waals surface area (Å²) in [5.74, 6) is 0.0974. The molecule has 2 aromatic rings. The molecule has 0 aromatic heterocycles. The third-order valence-corrected chi connectivity index (χ3v) is 3.60. The molecule has 0 saturated carbocycles. The van der Waals surface area contributed by atoms with Crippen LogP contribution < -0.4 is 14.8 Å². The highest BCUT2D eigenvalue weighted by Crippen LogP contribution is 2.31. The van der Waals surface area contributed by atoms with Crippen molar-refractivity contribution in [1.82, 2.24) is 0 Å². The Morgan fingerprint density at radius 2 is 1.96 bits per heavy atom. The van der Waals surface area contributed by atoms with Crippen LogP contribution in [0, 0.1) is 24.0 Å². The van der Waals surface area contributed by atoms with Crippen molar-refractivity contribution >= 4 is 17.3 Å². The monoisotopic (exact) mass is 330 g/mol. The van der Waals surface area contributed by atoms with Crippen molar-refractivity contribution in [2.24, 2.45) is 0 Å². The fourth-order valence-corrected chi connectivity index (χ4v) is 2.11. The van der Waals surface area contributed by atoms with Gasteiger partial charge < -0.3 is 14.8 Å². The second-order valence-corrected chi connectivity index (χ2v) is 5.18. The molecule has 0 radical (unpaired) electrons. The normalized spacial score (nSPS) is 10.1. The number of hydrogen-bond acceptors (Lipinski definition) is 5. The number of carbonyl (C=O) groups is 1. The van der Waals surface area contributed by atoms with Gasteiger partial charge in [0, 0.05) is 11.8 Å². The second kappa shape index (κ2) is 7.45. The molecule has 0 atom stereocenters. The number of rotatable bonds is 6. The Morgan fingerprint density at radius 3 is 2.62 bits per heavy atom. The summed E-state index contributed by atoms with van der Waals surface area (Å²) in [5.41, 5.74) is 2.60. The summed E-state index contributed by atoms with van der Waals surface area (Å²) in [7, 11) is 1.42. The predicted octanol–water partition coefficient (Wildman–Crippen LogP) is 3.24. The van der Waals surface area contributed by atoms with E-state index < -0.39 is 4.92 Å². The maximum atomic E-state index is 12.1. The number of nitro benzene ring substituents is 1. The molecule has 0 aliphatic heterocycles. The van der Waals surface area contributed by atoms with Crippen LogP contribution in [0.1, 0.15) is 11.1 Å². The Balaban J connectivity index is 2.07. The van der Waals surface area contributed by atoms with Crippen molar-refractivity contribution in [3.63, 3.8) is 0 Å². The number of anilines is 1. The first-order valence-corrected chi connectivity index (χ1v) is 7.23. The first kappa shape index (κ1) is 17.3. The zero-order valence-electron chi connectivity index (χ0n) is 13.7. The number of nitrogens with one attached hydrogen (secondary N) is 1. The molecule has 1 N–H and O–H groups in total.